The van der Waals surface area contributed by atoms with Gasteiger partial charge in [-0.2, -0.15) is 11.8 Å². The average molecular weight is 306 g/mol. The van der Waals surface area contributed by atoms with Gasteiger partial charge in [0.25, 0.3) is 5.91 Å². The monoisotopic (exact) mass is 306 g/mol. The van der Waals surface area contributed by atoms with Crippen LogP contribution in [-0.4, -0.2) is 52.8 Å². The number of aliphatic hydroxyl groups is 1. The molecule has 0 aliphatic rings. The Balaban J connectivity index is 4.15. The van der Waals surface area contributed by atoms with Gasteiger partial charge in [-0.1, -0.05) is 13.8 Å². The van der Waals surface area contributed by atoms with Crippen LogP contribution in [0.15, 0.2) is 0 Å². The van der Waals surface area contributed by atoms with Crippen LogP contribution in [0.1, 0.15) is 34.1 Å². The lowest BCUT2D eigenvalue weighted by atomic mass is 10.1. The van der Waals surface area contributed by atoms with Crippen molar-refractivity contribution in [3.05, 3.63) is 0 Å². The molecule has 4 N–H and O–H groups in total. The molecule has 0 saturated heterocycles. The predicted octanol–water partition coefficient (Wildman–Crippen LogP) is 0.274. The molecule has 6 nitrogen and oxygen atoms in total. The fourth-order valence-electron chi connectivity index (χ4n) is 1.42. The van der Waals surface area contributed by atoms with Crippen molar-refractivity contribution in [2.24, 2.45) is 5.73 Å². The molecule has 0 heterocycles. The molecule has 118 valence electrons. The van der Waals surface area contributed by atoms with Gasteiger partial charge in [0.15, 0.2) is 0 Å². The van der Waals surface area contributed by atoms with Crippen molar-refractivity contribution in [1.29, 1.82) is 0 Å². The first-order chi connectivity index (χ1) is 9.29. The maximum Gasteiger partial charge on any atom is 0.328 e. The molecule has 0 radical (unpaired) electrons. The summed E-state index contributed by atoms with van der Waals surface area (Å²) in [7, 11) is 0. The van der Waals surface area contributed by atoms with Crippen LogP contribution in [0, 0.1) is 0 Å². The van der Waals surface area contributed by atoms with E-state index in [1.807, 2.05) is 0 Å². The molecule has 0 aliphatic carbocycles. The third kappa shape index (κ3) is 7.72. The summed E-state index contributed by atoms with van der Waals surface area (Å²) in [5, 5.41) is 12.7. The van der Waals surface area contributed by atoms with Crippen molar-refractivity contribution in [3.8, 4) is 0 Å². The van der Waals surface area contributed by atoms with E-state index in [0.717, 1.165) is 5.75 Å². The second-order valence-electron chi connectivity index (χ2n) is 4.80. The van der Waals surface area contributed by atoms with E-state index in [9.17, 15) is 14.7 Å². The zero-order chi connectivity index (χ0) is 15.7. The Hall–Kier alpha value is -0.790. The second kappa shape index (κ2) is 10.0. The number of ether oxygens (including phenoxy) is 1. The van der Waals surface area contributed by atoms with Crippen molar-refractivity contribution in [3.63, 3.8) is 0 Å². The molecule has 0 saturated carbocycles. The van der Waals surface area contributed by atoms with E-state index in [1.54, 1.807) is 18.7 Å². The molecule has 20 heavy (non-hydrogen) atoms. The lowest BCUT2D eigenvalue weighted by molar-refractivity contribution is -0.148. The third-order valence-corrected chi connectivity index (χ3v) is 3.71. The zero-order valence-corrected chi connectivity index (χ0v) is 13.4. The van der Waals surface area contributed by atoms with Gasteiger partial charge in [0.2, 0.25) is 0 Å². The summed E-state index contributed by atoms with van der Waals surface area (Å²) in [6.45, 7) is 7.57. The summed E-state index contributed by atoms with van der Waals surface area (Å²) >= 11 is 1.72. The smallest absolute Gasteiger partial charge is 0.328 e. The van der Waals surface area contributed by atoms with Crippen molar-refractivity contribution >= 4 is 23.6 Å². The van der Waals surface area contributed by atoms with Gasteiger partial charge in [-0.15, -0.1) is 0 Å². The number of aliphatic hydroxyl groups excluding tert-OH is 1. The molecule has 7 heteroatoms. The molecule has 0 aromatic carbocycles. The van der Waals surface area contributed by atoms with Crippen LogP contribution in [0.3, 0.4) is 0 Å². The lowest BCUT2D eigenvalue weighted by Crippen LogP contribution is -2.50. The Bertz CT molecular complexity index is 313. The third-order valence-electron chi connectivity index (χ3n) is 2.58. The summed E-state index contributed by atoms with van der Waals surface area (Å²) in [5.41, 5.74) is 5.77. The number of hydrogen-bond donors (Lipinski definition) is 3. The Labute approximate surface area is 124 Å². The quantitative estimate of drug-likeness (QED) is 0.529. The highest BCUT2D eigenvalue weighted by Crippen LogP contribution is 2.12. The Kier molecular flexibility index (Phi) is 9.62. The van der Waals surface area contributed by atoms with Gasteiger partial charge >= 0.3 is 5.97 Å². The van der Waals surface area contributed by atoms with E-state index in [2.05, 4.69) is 19.2 Å². The van der Waals surface area contributed by atoms with E-state index >= 15 is 0 Å². The molecule has 0 aromatic heterocycles. The van der Waals surface area contributed by atoms with E-state index < -0.39 is 30.1 Å². The minimum Gasteiger partial charge on any atom is -0.464 e. The predicted molar refractivity (Wildman–Crippen MR) is 80.4 cm³/mol. The van der Waals surface area contributed by atoms with E-state index in [-0.39, 0.29) is 6.61 Å². The number of esters is 1. The molecule has 1 amide bonds. The first kappa shape index (κ1) is 19.2. The van der Waals surface area contributed by atoms with Crippen LogP contribution in [0.4, 0.5) is 0 Å². The number of carbonyl (C=O) groups is 2. The van der Waals surface area contributed by atoms with Crippen LogP contribution < -0.4 is 11.1 Å². The molecule has 1 unspecified atom stereocenters. The Morgan fingerprint density at radius 3 is 2.45 bits per heavy atom. The molecule has 0 rings (SSSR count). The number of amides is 1. The Morgan fingerprint density at radius 1 is 1.35 bits per heavy atom. The van der Waals surface area contributed by atoms with Crippen molar-refractivity contribution < 1.29 is 19.4 Å². The summed E-state index contributed by atoms with van der Waals surface area (Å²) in [6.07, 6.45) is -0.787. The molecule has 0 fully saturated rings. The first-order valence-corrected chi connectivity index (χ1v) is 7.86. The number of hydrogen-bond acceptors (Lipinski definition) is 6. The van der Waals surface area contributed by atoms with Crippen LogP contribution in [0.25, 0.3) is 0 Å². The Morgan fingerprint density at radius 2 is 1.95 bits per heavy atom. The van der Waals surface area contributed by atoms with Gasteiger partial charge in [0.1, 0.15) is 12.1 Å². The van der Waals surface area contributed by atoms with Crippen molar-refractivity contribution in [2.45, 2.75) is 57.6 Å². The molecular weight excluding hydrogens is 280 g/mol. The summed E-state index contributed by atoms with van der Waals surface area (Å²) in [4.78, 5) is 23.1. The topological polar surface area (TPSA) is 102 Å². The minimum atomic E-state index is -1.32. The summed E-state index contributed by atoms with van der Waals surface area (Å²) in [5.74, 6) is -0.402. The lowest BCUT2D eigenvalue weighted by Gasteiger charge is -2.20. The van der Waals surface area contributed by atoms with Gasteiger partial charge in [-0.3, -0.25) is 4.79 Å². The fraction of sp³-hybridized carbons (Fsp3) is 0.846. The highest BCUT2D eigenvalue weighted by Gasteiger charge is 2.26. The highest BCUT2D eigenvalue weighted by molar-refractivity contribution is 7.99. The summed E-state index contributed by atoms with van der Waals surface area (Å²) in [6, 6.07) is -1.44. The maximum atomic E-state index is 11.7. The number of thioether (sulfide) groups is 1. The molecule has 0 aromatic rings. The molecule has 3 atom stereocenters. The normalized spacial score (nSPS) is 15.6. The first-order valence-electron chi connectivity index (χ1n) is 6.81. The maximum absolute atomic E-state index is 11.7. The van der Waals surface area contributed by atoms with Gasteiger partial charge in [-0.05, 0) is 31.3 Å². The number of rotatable bonds is 9. The standard InChI is InChI=1S/C13H26N2O4S/c1-5-19-13(18)9(4)15-12(17)11(16)10(14)6-7-20-8(2)3/h8-11,16H,5-7,14H2,1-4H3,(H,15,17)/t9-,10+,11?/m0/s1. The minimum absolute atomic E-state index is 0.244. The molecule has 0 spiro atoms. The van der Waals surface area contributed by atoms with Gasteiger partial charge in [0.05, 0.1) is 6.61 Å². The van der Waals surface area contributed by atoms with Crippen LogP contribution in [-0.2, 0) is 14.3 Å². The van der Waals surface area contributed by atoms with E-state index in [4.69, 9.17) is 10.5 Å². The molecule has 0 bridgehead atoms. The van der Waals surface area contributed by atoms with Crippen molar-refractivity contribution in [1.82, 2.24) is 5.32 Å². The van der Waals surface area contributed by atoms with Gasteiger partial charge < -0.3 is 20.9 Å². The molecule has 0 aliphatic heterocycles. The highest BCUT2D eigenvalue weighted by atomic mass is 32.2. The fourth-order valence-corrected chi connectivity index (χ4v) is 2.30. The zero-order valence-electron chi connectivity index (χ0n) is 12.6. The van der Waals surface area contributed by atoms with E-state index in [0.29, 0.717) is 11.7 Å². The van der Waals surface area contributed by atoms with Gasteiger partial charge in [-0.25, -0.2) is 4.79 Å². The second-order valence-corrected chi connectivity index (χ2v) is 6.48. The SMILES string of the molecule is CCOC(=O)[C@H](C)NC(=O)C(O)[C@H](N)CCSC(C)C. The number of nitrogens with one attached hydrogen (secondary N) is 1. The van der Waals surface area contributed by atoms with Crippen LogP contribution in [0.5, 0.6) is 0 Å². The summed E-state index contributed by atoms with van der Waals surface area (Å²) < 4.78 is 4.77. The van der Waals surface area contributed by atoms with Crippen molar-refractivity contribution in [2.75, 3.05) is 12.4 Å². The van der Waals surface area contributed by atoms with Crippen LogP contribution in [0.2, 0.25) is 0 Å². The van der Waals surface area contributed by atoms with Crippen LogP contribution >= 0.6 is 11.8 Å². The van der Waals surface area contributed by atoms with E-state index in [1.165, 1.54) is 6.92 Å². The van der Waals surface area contributed by atoms with Gasteiger partial charge in [0, 0.05) is 6.04 Å². The number of nitrogens with two attached hydrogens (primary N) is 1. The largest absolute Gasteiger partial charge is 0.464 e. The number of carbonyl (C=O) groups excluding carboxylic acids is 2. The molecular formula is C13H26N2O4S. The average Bonchev–Trinajstić information content (AvgIpc) is 2.37.